The first kappa shape index (κ1) is 23.0. The highest BCUT2D eigenvalue weighted by atomic mass is 127. The molecule has 2 rings (SSSR count). The lowest BCUT2D eigenvalue weighted by Crippen LogP contribution is -2.43. The Labute approximate surface area is 175 Å². The number of methoxy groups -OCH3 is 1. The molecule has 0 unspecified atom stereocenters. The molecule has 1 heterocycles. The van der Waals surface area contributed by atoms with Crippen LogP contribution in [-0.2, 0) is 11.3 Å². The molecule has 148 valence electrons. The zero-order valence-electron chi connectivity index (χ0n) is 16.5. The summed E-state index contributed by atoms with van der Waals surface area (Å²) in [4.78, 5) is 10.7. The third-order valence-electron chi connectivity index (χ3n) is 5.08. The second-order valence-electron chi connectivity index (χ2n) is 7.15. The molecule has 1 fully saturated rings. The molecule has 0 bridgehead atoms. The van der Waals surface area contributed by atoms with Crippen molar-refractivity contribution in [2.24, 2.45) is 10.4 Å². The topological polar surface area (TPSA) is 61.8 Å². The van der Waals surface area contributed by atoms with Gasteiger partial charge in [-0.15, -0.1) is 24.0 Å². The molecule has 0 saturated heterocycles. The number of hydrogen-bond acceptors (Lipinski definition) is 4. The molecule has 0 aromatic carbocycles. The second kappa shape index (κ2) is 11.6. The van der Waals surface area contributed by atoms with E-state index in [2.05, 4.69) is 26.7 Å². The van der Waals surface area contributed by atoms with E-state index in [9.17, 15) is 0 Å². The first-order valence-corrected chi connectivity index (χ1v) is 9.14. The Morgan fingerprint density at radius 3 is 2.65 bits per heavy atom. The summed E-state index contributed by atoms with van der Waals surface area (Å²) in [7, 11) is 7.61. The van der Waals surface area contributed by atoms with E-state index in [1.165, 1.54) is 31.2 Å². The predicted octanol–water partition coefficient (Wildman–Crippen LogP) is 3.03. The Bertz CT molecular complexity index is 559. The van der Waals surface area contributed by atoms with Crippen LogP contribution in [0, 0.1) is 5.41 Å². The summed E-state index contributed by atoms with van der Waals surface area (Å²) in [6.07, 6.45) is 8.15. The molecule has 26 heavy (non-hydrogen) atoms. The number of nitrogens with one attached hydrogen (secondary N) is 2. The number of rotatable bonds is 8. The Kier molecular flexibility index (Phi) is 10.2. The lowest BCUT2D eigenvalue weighted by atomic mass is 9.83. The van der Waals surface area contributed by atoms with Crippen molar-refractivity contribution < 1.29 is 4.74 Å². The van der Waals surface area contributed by atoms with Crippen LogP contribution < -0.4 is 15.5 Å². The summed E-state index contributed by atoms with van der Waals surface area (Å²) in [6.45, 7) is 2.52. The van der Waals surface area contributed by atoms with Gasteiger partial charge < -0.3 is 20.3 Å². The highest BCUT2D eigenvalue weighted by molar-refractivity contribution is 14.0. The van der Waals surface area contributed by atoms with E-state index in [0.717, 1.165) is 37.9 Å². The normalized spacial score (nSPS) is 16.1. The van der Waals surface area contributed by atoms with E-state index in [-0.39, 0.29) is 24.0 Å². The molecule has 6 nitrogen and oxygen atoms in total. The zero-order chi connectivity index (χ0) is 18.1. The molecular formula is C19H34IN5O. The fraction of sp³-hybridized carbons (Fsp3) is 0.684. The minimum atomic E-state index is 0. The van der Waals surface area contributed by atoms with Crippen molar-refractivity contribution >= 4 is 35.8 Å². The Balaban J connectivity index is 0.00000338. The van der Waals surface area contributed by atoms with Gasteiger partial charge in [0.15, 0.2) is 5.96 Å². The molecule has 1 aromatic rings. The minimum Gasteiger partial charge on any atom is -0.385 e. The summed E-state index contributed by atoms with van der Waals surface area (Å²) >= 11 is 0. The fourth-order valence-corrected chi connectivity index (χ4v) is 3.45. The Morgan fingerprint density at radius 2 is 2.04 bits per heavy atom. The van der Waals surface area contributed by atoms with Crippen LogP contribution in [0.15, 0.2) is 23.3 Å². The quantitative estimate of drug-likeness (QED) is 0.344. The van der Waals surface area contributed by atoms with Crippen molar-refractivity contribution in [3.63, 3.8) is 0 Å². The van der Waals surface area contributed by atoms with Crippen molar-refractivity contribution in [1.29, 1.82) is 0 Å². The van der Waals surface area contributed by atoms with E-state index in [1.807, 2.05) is 38.3 Å². The van der Waals surface area contributed by atoms with E-state index in [0.29, 0.717) is 5.41 Å². The van der Waals surface area contributed by atoms with Gasteiger partial charge in [0.25, 0.3) is 0 Å². The van der Waals surface area contributed by atoms with E-state index < -0.39 is 0 Å². The number of aliphatic imine (C=N–C) groups is 1. The van der Waals surface area contributed by atoms with Crippen molar-refractivity contribution in [2.45, 2.75) is 38.6 Å². The van der Waals surface area contributed by atoms with Gasteiger partial charge in [-0.25, -0.2) is 4.98 Å². The minimum absolute atomic E-state index is 0. The number of nitrogens with zero attached hydrogens (tertiary/aromatic N) is 3. The van der Waals surface area contributed by atoms with E-state index in [4.69, 9.17) is 4.74 Å². The van der Waals surface area contributed by atoms with Crippen molar-refractivity contribution in [3.8, 4) is 0 Å². The number of hydrogen-bond donors (Lipinski definition) is 2. The largest absolute Gasteiger partial charge is 0.385 e. The first-order chi connectivity index (χ1) is 12.1. The third-order valence-corrected chi connectivity index (χ3v) is 5.08. The second-order valence-corrected chi connectivity index (χ2v) is 7.15. The molecule has 0 spiro atoms. The van der Waals surface area contributed by atoms with Gasteiger partial charge in [0, 0.05) is 54.1 Å². The van der Waals surface area contributed by atoms with Crippen LogP contribution in [0.5, 0.6) is 0 Å². The Hall–Kier alpha value is -1.09. The van der Waals surface area contributed by atoms with Crippen molar-refractivity contribution in [1.82, 2.24) is 15.6 Å². The number of guanidine groups is 1. The van der Waals surface area contributed by atoms with Gasteiger partial charge >= 0.3 is 0 Å². The van der Waals surface area contributed by atoms with Crippen LogP contribution in [0.1, 0.15) is 37.7 Å². The molecule has 1 aliphatic carbocycles. The lowest BCUT2D eigenvalue weighted by molar-refractivity contribution is 0.138. The molecule has 1 aromatic heterocycles. The maximum atomic E-state index is 5.31. The third kappa shape index (κ3) is 6.90. The highest BCUT2D eigenvalue weighted by Crippen LogP contribution is 2.40. The van der Waals surface area contributed by atoms with Crippen LogP contribution in [0.2, 0.25) is 0 Å². The average Bonchev–Trinajstić information content (AvgIpc) is 3.09. The zero-order valence-corrected chi connectivity index (χ0v) is 18.9. The number of anilines is 1. The Morgan fingerprint density at radius 1 is 1.31 bits per heavy atom. The summed E-state index contributed by atoms with van der Waals surface area (Å²) in [6, 6.07) is 4.13. The predicted molar refractivity (Wildman–Crippen MR) is 120 cm³/mol. The average molecular weight is 475 g/mol. The number of halogens is 1. The lowest BCUT2D eigenvalue weighted by Gasteiger charge is -2.30. The van der Waals surface area contributed by atoms with E-state index in [1.54, 1.807) is 7.11 Å². The van der Waals surface area contributed by atoms with Crippen LogP contribution in [0.4, 0.5) is 5.82 Å². The van der Waals surface area contributed by atoms with Crippen molar-refractivity contribution in [2.75, 3.05) is 46.3 Å². The van der Waals surface area contributed by atoms with Gasteiger partial charge in [-0.1, -0.05) is 12.8 Å². The van der Waals surface area contributed by atoms with Crippen LogP contribution in [0.25, 0.3) is 0 Å². The number of ether oxygens (including phenoxy) is 1. The number of aromatic nitrogens is 1. The summed E-state index contributed by atoms with van der Waals surface area (Å²) in [5.41, 5.74) is 1.54. The standard InChI is InChI=1S/C19H33N5O.HI/c1-20-18(22-14-16-7-11-21-17(13-16)24(2)3)23-15-19(10-12-25-4)8-5-6-9-19;/h7,11,13H,5-6,8-10,12,14-15H2,1-4H3,(H2,20,22,23);1H. The summed E-state index contributed by atoms with van der Waals surface area (Å²) < 4.78 is 5.31. The highest BCUT2D eigenvalue weighted by Gasteiger charge is 2.33. The molecular weight excluding hydrogens is 441 g/mol. The van der Waals surface area contributed by atoms with Gasteiger partial charge in [-0.3, -0.25) is 4.99 Å². The number of pyridine rings is 1. The maximum absolute atomic E-state index is 5.31. The molecule has 7 heteroatoms. The van der Waals surface area contributed by atoms with Crippen LogP contribution in [0.3, 0.4) is 0 Å². The van der Waals surface area contributed by atoms with Gasteiger partial charge in [0.05, 0.1) is 0 Å². The van der Waals surface area contributed by atoms with Crippen molar-refractivity contribution in [3.05, 3.63) is 23.9 Å². The SMILES string of the molecule is CN=C(NCc1ccnc(N(C)C)c1)NCC1(CCOC)CCCC1.I. The molecule has 0 aliphatic heterocycles. The first-order valence-electron chi connectivity index (χ1n) is 9.14. The van der Waals surface area contributed by atoms with Gasteiger partial charge in [0.2, 0.25) is 0 Å². The summed E-state index contributed by atoms with van der Waals surface area (Å²) in [5, 5.41) is 6.94. The summed E-state index contributed by atoms with van der Waals surface area (Å²) in [5.74, 6) is 1.82. The van der Waals surface area contributed by atoms with E-state index >= 15 is 0 Å². The van der Waals surface area contributed by atoms with Gasteiger partial charge in [0.1, 0.15) is 5.82 Å². The molecule has 1 aliphatic rings. The molecule has 0 amide bonds. The van der Waals surface area contributed by atoms with Gasteiger partial charge in [-0.2, -0.15) is 0 Å². The fourth-order valence-electron chi connectivity index (χ4n) is 3.45. The molecule has 2 N–H and O–H groups in total. The monoisotopic (exact) mass is 475 g/mol. The molecule has 0 radical (unpaired) electrons. The van der Waals surface area contributed by atoms with Gasteiger partial charge in [-0.05, 0) is 42.4 Å². The molecule has 0 atom stereocenters. The maximum Gasteiger partial charge on any atom is 0.191 e. The molecule has 1 saturated carbocycles. The van der Waals surface area contributed by atoms with Crippen LogP contribution >= 0.6 is 24.0 Å². The van der Waals surface area contributed by atoms with Crippen LogP contribution in [-0.4, -0.2) is 52.3 Å². The smallest absolute Gasteiger partial charge is 0.191 e.